The minimum absolute atomic E-state index is 0.0202. The maximum atomic E-state index is 12.5. The number of hydrogen-bond donors (Lipinski definition) is 0. The number of likely N-dealkylation sites (tertiary alicyclic amines) is 1. The van der Waals surface area contributed by atoms with Crippen LogP contribution in [0.25, 0.3) is 0 Å². The van der Waals surface area contributed by atoms with E-state index in [1.165, 1.54) is 7.11 Å². The standard InChI is InChI=1S/C16H29N3O3/c1-13(2)4-6-19-7-5-14(16(19)21)17-8-10-18(11-9-17)15(20)12-22-3/h13-14H,4-12H2,1-3H3. The Morgan fingerprint density at radius 3 is 2.50 bits per heavy atom. The zero-order valence-electron chi connectivity index (χ0n) is 14.1. The molecule has 0 spiro atoms. The van der Waals surface area contributed by atoms with E-state index in [-0.39, 0.29) is 24.5 Å². The van der Waals surface area contributed by atoms with Crippen LogP contribution in [0, 0.1) is 5.92 Å². The summed E-state index contributed by atoms with van der Waals surface area (Å²) in [6, 6.07) is 0.0202. The SMILES string of the molecule is COCC(=O)N1CCN(C2CCN(CCC(C)C)C2=O)CC1. The average Bonchev–Trinajstić information content (AvgIpc) is 2.86. The summed E-state index contributed by atoms with van der Waals surface area (Å²) in [5.74, 6) is 0.943. The van der Waals surface area contributed by atoms with Crippen molar-refractivity contribution >= 4 is 11.8 Å². The number of methoxy groups -OCH3 is 1. The van der Waals surface area contributed by atoms with Crippen molar-refractivity contribution in [2.24, 2.45) is 5.92 Å². The summed E-state index contributed by atoms with van der Waals surface area (Å²) in [7, 11) is 1.54. The van der Waals surface area contributed by atoms with E-state index in [2.05, 4.69) is 18.7 Å². The number of carbonyl (C=O) groups is 2. The maximum Gasteiger partial charge on any atom is 0.248 e. The van der Waals surface area contributed by atoms with Crippen LogP contribution in [0.4, 0.5) is 0 Å². The molecule has 2 amide bonds. The normalized spacial score (nSPS) is 23.6. The molecule has 0 aliphatic carbocycles. The molecule has 126 valence electrons. The van der Waals surface area contributed by atoms with Gasteiger partial charge < -0.3 is 14.5 Å². The zero-order valence-corrected chi connectivity index (χ0v) is 14.1. The number of ether oxygens (including phenoxy) is 1. The predicted octanol–water partition coefficient (Wildman–Crippen LogP) is 0.424. The fourth-order valence-electron chi connectivity index (χ4n) is 3.20. The van der Waals surface area contributed by atoms with Crippen LogP contribution in [0.15, 0.2) is 0 Å². The van der Waals surface area contributed by atoms with Crippen molar-refractivity contribution in [2.45, 2.75) is 32.7 Å². The first-order valence-corrected chi connectivity index (χ1v) is 8.32. The molecule has 0 saturated carbocycles. The lowest BCUT2D eigenvalue weighted by Crippen LogP contribution is -2.54. The zero-order chi connectivity index (χ0) is 16.1. The van der Waals surface area contributed by atoms with Crippen molar-refractivity contribution in [3.8, 4) is 0 Å². The first-order valence-electron chi connectivity index (χ1n) is 8.32. The van der Waals surface area contributed by atoms with E-state index in [0.29, 0.717) is 19.0 Å². The van der Waals surface area contributed by atoms with Gasteiger partial charge in [0.2, 0.25) is 11.8 Å². The number of piperazine rings is 1. The number of rotatable bonds is 6. The molecule has 0 bridgehead atoms. The molecule has 1 atom stereocenters. The van der Waals surface area contributed by atoms with Gasteiger partial charge in [-0.15, -0.1) is 0 Å². The van der Waals surface area contributed by atoms with E-state index in [0.717, 1.165) is 39.0 Å². The maximum absolute atomic E-state index is 12.5. The van der Waals surface area contributed by atoms with Crippen LogP contribution in [0.1, 0.15) is 26.7 Å². The lowest BCUT2D eigenvalue weighted by atomic mass is 10.1. The Balaban J connectivity index is 1.80. The molecular weight excluding hydrogens is 282 g/mol. The van der Waals surface area contributed by atoms with E-state index in [4.69, 9.17) is 4.74 Å². The molecule has 2 aliphatic heterocycles. The van der Waals surface area contributed by atoms with Gasteiger partial charge in [0.1, 0.15) is 6.61 Å². The summed E-state index contributed by atoms with van der Waals surface area (Å²) >= 11 is 0. The van der Waals surface area contributed by atoms with Crippen LogP contribution < -0.4 is 0 Å². The second-order valence-corrected chi connectivity index (χ2v) is 6.66. The van der Waals surface area contributed by atoms with Gasteiger partial charge >= 0.3 is 0 Å². The molecule has 2 saturated heterocycles. The Kier molecular flexibility index (Phi) is 6.20. The van der Waals surface area contributed by atoms with E-state index >= 15 is 0 Å². The molecular formula is C16H29N3O3. The van der Waals surface area contributed by atoms with Crippen LogP contribution >= 0.6 is 0 Å². The topological polar surface area (TPSA) is 53.1 Å². The summed E-state index contributed by atoms with van der Waals surface area (Å²) in [4.78, 5) is 30.4. The summed E-state index contributed by atoms with van der Waals surface area (Å²) in [6.45, 7) is 9.22. The van der Waals surface area contributed by atoms with Gasteiger partial charge in [-0.1, -0.05) is 13.8 Å². The molecule has 6 nitrogen and oxygen atoms in total. The summed E-state index contributed by atoms with van der Waals surface area (Å²) < 4.78 is 4.90. The molecule has 2 heterocycles. The highest BCUT2D eigenvalue weighted by molar-refractivity contribution is 5.84. The van der Waals surface area contributed by atoms with Crippen LogP contribution in [0.2, 0.25) is 0 Å². The third kappa shape index (κ3) is 4.20. The van der Waals surface area contributed by atoms with Crippen LogP contribution in [0.3, 0.4) is 0 Å². The highest BCUT2D eigenvalue weighted by atomic mass is 16.5. The van der Waals surface area contributed by atoms with E-state index in [1.807, 2.05) is 9.80 Å². The molecule has 2 rings (SSSR count). The Labute approximate surface area is 133 Å². The van der Waals surface area contributed by atoms with Crippen LogP contribution in [-0.2, 0) is 14.3 Å². The molecule has 2 aliphatic rings. The molecule has 0 aromatic heterocycles. The Morgan fingerprint density at radius 2 is 1.91 bits per heavy atom. The van der Waals surface area contributed by atoms with Crippen molar-refractivity contribution in [1.29, 1.82) is 0 Å². The Hall–Kier alpha value is -1.14. The van der Waals surface area contributed by atoms with Crippen LogP contribution in [-0.4, -0.2) is 85.5 Å². The minimum atomic E-state index is 0.0202. The fraction of sp³-hybridized carbons (Fsp3) is 0.875. The molecule has 0 aromatic rings. The van der Waals surface area contributed by atoms with Crippen molar-refractivity contribution in [2.75, 3.05) is 53.0 Å². The van der Waals surface area contributed by atoms with Crippen molar-refractivity contribution in [3.63, 3.8) is 0 Å². The molecule has 6 heteroatoms. The second kappa shape index (κ2) is 7.92. The molecule has 0 N–H and O–H groups in total. The first-order chi connectivity index (χ1) is 10.5. The van der Waals surface area contributed by atoms with Crippen molar-refractivity contribution in [1.82, 2.24) is 14.7 Å². The average molecular weight is 311 g/mol. The number of nitrogens with zero attached hydrogens (tertiary/aromatic N) is 3. The van der Waals surface area contributed by atoms with Gasteiger partial charge in [-0.05, 0) is 18.8 Å². The summed E-state index contributed by atoms with van der Waals surface area (Å²) in [5, 5.41) is 0. The van der Waals surface area contributed by atoms with Gasteiger partial charge in [0, 0.05) is 46.4 Å². The third-order valence-corrected chi connectivity index (χ3v) is 4.62. The van der Waals surface area contributed by atoms with Gasteiger partial charge in [-0.3, -0.25) is 14.5 Å². The fourth-order valence-corrected chi connectivity index (χ4v) is 3.20. The lowest BCUT2D eigenvalue weighted by Gasteiger charge is -2.37. The van der Waals surface area contributed by atoms with E-state index in [9.17, 15) is 9.59 Å². The number of amides is 2. The summed E-state index contributed by atoms with van der Waals surface area (Å²) in [5.41, 5.74) is 0. The minimum Gasteiger partial charge on any atom is -0.375 e. The molecule has 22 heavy (non-hydrogen) atoms. The van der Waals surface area contributed by atoms with Gasteiger partial charge in [-0.25, -0.2) is 0 Å². The predicted molar refractivity (Wildman–Crippen MR) is 84.5 cm³/mol. The number of hydrogen-bond acceptors (Lipinski definition) is 4. The van der Waals surface area contributed by atoms with Crippen molar-refractivity contribution < 1.29 is 14.3 Å². The van der Waals surface area contributed by atoms with Gasteiger partial charge in [0.25, 0.3) is 0 Å². The van der Waals surface area contributed by atoms with Gasteiger partial charge in [0.05, 0.1) is 6.04 Å². The monoisotopic (exact) mass is 311 g/mol. The largest absolute Gasteiger partial charge is 0.375 e. The first kappa shape index (κ1) is 17.2. The smallest absolute Gasteiger partial charge is 0.248 e. The highest BCUT2D eigenvalue weighted by Gasteiger charge is 2.37. The Bertz CT molecular complexity index is 392. The molecule has 0 radical (unpaired) electrons. The summed E-state index contributed by atoms with van der Waals surface area (Å²) in [6.07, 6.45) is 1.99. The third-order valence-electron chi connectivity index (χ3n) is 4.62. The Morgan fingerprint density at radius 1 is 1.23 bits per heavy atom. The van der Waals surface area contributed by atoms with E-state index < -0.39 is 0 Å². The van der Waals surface area contributed by atoms with Gasteiger partial charge in [-0.2, -0.15) is 0 Å². The van der Waals surface area contributed by atoms with Crippen molar-refractivity contribution in [3.05, 3.63) is 0 Å². The lowest BCUT2D eigenvalue weighted by molar-refractivity contribution is -0.138. The highest BCUT2D eigenvalue weighted by Crippen LogP contribution is 2.20. The van der Waals surface area contributed by atoms with E-state index in [1.54, 1.807) is 0 Å². The molecule has 1 unspecified atom stereocenters. The quantitative estimate of drug-likeness (QED) is 0.713. The van der Waals surface area contributed by atoms with Gasteiger partial charge in [0.15, 0.2) is 0 Å². The number of carbonyl (C=O) groups excluding carboxylic acids is 2. The molecule has 2 fully saturated rings. The molecule has 0 aromatic carbocycles. The van der Waals surface area contributed by atoms with Crippen LogP contribution in [0.5, 0.6) is 0 Å². The second-order valence-electron chi connectivity index (χ2n) is 6.66.